The largest absolute Gasteiger partial charge is 0.445 e. The Hall–Kier alpha value is -3.44. The van der Waals surface area contributed by atoms with Gasteiger partial charge in [-0.3, -0.25) is 4.90 Å². The Morgan fingerprint density at radius 2 is 1.76 bits per heavy atom. The lowest BCUT2D eigenvalue weighted by molar-refractivity contribution is -0.945. The van der Waals surface area contributed by atoms with E-state index in [0.717, 1.165) is 38.3 Å². The standard InChI is InChI=1S/C24H18FNO3/c25-18-8-6-16(7-9-18)13-26-14-21-22(28-15-26)11-10-19-20(12-23(27)29-24(19)21)17-4-2-1-3-5-17/h1-12H,13-15H2/p+1. The molecule has 0 bridgehead atoms. The zero-order valence-corrected chi connectivity index (χ0v) is 15.7. The van der Waals surface area contributed by atoms with Crippen LogP contribution in [0, 0.1) is 5.82 Å². The Bertz CT molecular complexity index is 1230. The van der Waals surface area contributed by atoms with Crippen LogP contribution in [0.5, 0.6) is 5.75 Å². The second-order valence-corrected chi connectivity index (χ2v) is 7.28. The van der Waals surface area contributed by atoms with Gasteiger partial charge in [0.2, 0.25) is 6.73 Å². The van der Waals surface area contributed by atoms with Gasteiger partial charge >= 0.3 is 5.63 Å². The summed E-state index contributed by atoms with van der Waals surface area (Å²) in [7, 11) is 0. The number of rotatable bonds is 3. The van der Waals surface area contributed by atoms with E-state index in [1.54, 1.807) is 12.1 Å². The molecule has 5 rings (SSSR count). The van der Waals surface area contributed by atoms with Gasteiger partial charge in [-0.25, -0.2) is 9.18 Å². The van der Waals surface area contributed by atoms with Gasteiger partial charge in [-0.05, 0) is 35.4 Å². The van der Waals surface area contributed by atoms with Crippen molar-refractivity contribution in [2.75, 3.05) is 6.73 Å². The number of benzene rings is 3. The molecule has 1 atom stereocenters. The fourth-order valence-electron chi connectivity index (χ4n) is 3.91. The summed E-state index contributed by atoms with van der Waals surface area (Å²) < 4.78 is 24.8. The molecule has 29 heavy (non-hydrogen) atoms. The van der Waals surface area contributed by atoms with Gasteiger partial charge in [0.05, 0.1) is 5.56 Å². The summed E-state index contributed by atoms with van der Waals surface area (Å²) in [4.78, 5) is 13.5. The Labute approximate surface area is 166 Å². The van der Waals surface area contributed by atoms with E-state index in [4.69, 9.17) is 9.15 Å². The molecule has 3 aromatic carbocycles. The predicted molar refractivity (Wildman–Crippen MR) is 108 cm³/mol. The van der Waals surface area contributed by atoms with Crippen LogP contribution in [0.2, 0.25) is 0 Å². The third kappa shape index (κ3) is 3.41. The highest BCUT2D eigenvalue weighted by molar-refractivity contribution is 5.95. The smallest absolute Gasteiger partial charge is 0.336 e. The van der Waals surface area contributed by atoms with Gasteiger partial charge < -0.3 is 9.15 Å². The molecular formula is C24H19FNO3+. The van der Waals surface area contributed by atoms with E-state index in [-0.39, 0.29) is 11.4 Å². The number of halogens is 1. The summed E-state index contributed by atoms with van der Waals surface area (Å²) in [5.41, 5.74) is 3.93. The van der Waals surface area contributed by atoms with Crippen LogP contribution < -0.4 is 15.3 Å². The normalized spacial score (nSPS) is 15.7. The van der Waals surface area contributed by atoms with Gasteiger partial charge in [0, 0.05) is 17.0 Å². The highest BCUT2D eigenvalue weighted by atomic mass is 19.1. The molecule has 0 amide bonds. The average Bonchev–Trinajstić information content (AvgIpc) is 2.75. The van der Waals surface area contributed by atoms with E-state index in [1.165, 1.54) is 18.2 Å². The molecular weight excluding hydrogens is 369 g/mol. The molecule has 0 fully saturated rings. The van der Waals surface area contributed by atoms with Gasteiger partial charge in [0.15, 0.2) is 5.58 Å². The molecule has 1 aliphatic rings. The van der Waals surface area contributed by atoms with E-state index >= 15 is 0 Å². The summed E-state index contributed by atoms with van der Waals surface area (Å²) in [5.74, 6) is 0.499. The van der Waals surface area contributed by atoms with Crippen molar-refractivity contribution in [1.82, 2.24) is 0 Å². The van der Waals surface area contributed by atoms with Crippen LogP contribution in [0.3, 0.4) is 0 Å². The molecule has 0 aliphatic carbocycles. The Balaban J connectivity index is 1.56. The second-order valence-electron chi connectivity index (χ2n) is 7.28. The first-order chi connectivity index (χ1) is 14.2. The van der Waals surface area contributed by atoms with E-state index < -0.39 is 0 Å². The molecule has 0 saturated carbocycles. The summed E-state index contributed by atoms with van der Waals surface area (Å²) in [6.45, 7) is 1.85. The lowest BCUT2D eigenvalue weighted by Gasteiger charge is -2.26. The van der Waals surface area contributed by atoms with Crippen molar-refractivity contribution in [1.29, 1.82) is 0 Å². The first-order valence-corrected chi connectivity index (χ1v) is 9.53. The monoisotopic (exact) mass is 388 g/mol. The van der Waals surface area contributed by atoms with Crippen molar-refractivity contribution in [2.24, 2.45) is 0 Å². The highest BCUT2D eigenvalue weighted by Crippen LogP contribution is 2.33. The average molecular weight is 388 g/mol. The quantitative estimate of drug-likeness (QED) is 0.546. The molecule has 1 aliphatic heterocycles. The van der Waals surface area contributed by atoms with E-state index in [1.807, 2.05) is 42.5 Å². The molecule has 0 spiro atoms. The van der Waals surface area contributed by atoms with Gasteiger partial charge in [-0.1, -0.05) is 42.5 Å². The molecule has 0 radical (unpaired) electrons. The zero-order chi connectivity index (χ0) is 19.8. The number of quaternary nitrogens is 1. The maximum atomic E-state index is 13.2. The number of hydrogen-bond acceptors (Lipinski definition) is 3. The summed E-state index contributed by atoms with van der Waals surface area (Å²) in [6.07, 6.45) is 0. The third-order valence-electron chi connectivity index (χ3n) is 5.28. The van der Waals surface area contributed by atoms with Gasteiger partial charge in [-0.15, -0.1) is 0 Å². The fraction of sp³-hybridized carbons (Fsp3) is 0.125. The Morgan fingerprint density at radius 3 is 2.55 bits per heavy atom. The van der Waals surface area contributed by atoms with Crippen LogP contribution in [0.4, 0.5) is 4.39 Å². The van der Waals surface area contributed by atoms with Gasteiger partial charge in [0.25, 0.3) is 0 Å². The van der Waals surface area contributed by atoms with Crippen LogP contribution in [-0.2, 0) is 13.1 Å². The van der Waals surface area contributed by atoms with Crippen molar-refractivity contribution >= 4 is 11.0 Å². The molecule has 2 heterocycles. The van der Waals surface area contributed by atoms with Crippen LogP contribution in [0.15, 0.2) is 82.0 Å². The number of nitrogens with one attached hydrogen (secondary N) is 1. The maximum absolute atomic E-state index is 13.2. The minimum absolute atomic E-state index is 0.245. The second kappa shape index (κ2) is 7.18. The topological polar surface area (TPSA) is 43.9 Å². The fourth-order valence-corrected chi connectivity index (χ4v) is 3.91. The number of ether oxygens (including phenoxy) is 1. The minimum Gasteiger partial charge on any atom is -0.445 e. The molecule has 0 saturated heterocycles. The zero-order valence-electron chi connectivity index (χ0n) is 15.7. The predicted octanol–water partition coefficient (Wildman–Crippen LogP) is 3.53. The minimum atomic E-state index is -0.379. The van der Waals surface area contributed by atoms with E-state index in [9.17, 15) is 9.18 Å². The van der Waals surface area contributed by atoms with Crippen molar-refractivity contribution in [3.63, 3.8) is 0 Å². The SMILES string of the molecule is O=c1cc(-c2ccccc2)c2ccc3c(c2o1)C[NH+](Cc1ccc(F)cc1)CO3. The van der Waals surface area contributed by atoms with Crippen molar-refractivity contribution < 1.29 is 18.4 Å². The van der Waals surface area contributed by atoms with Gasteiger partial charge in [0.1, 0.15) is 24.7 Å². The first-order valence-electron chi connectivity index (χ1n) is 9.53. The van der Waals surface area contributed by atoms with Crippen LogP contribution in [0.1, 0.15) is 11.1 Å². The van der Waals surface area contributed by atoms with Crippen LogP contribution >= 0.6 is 0 Å². The third-order valence-corrected chi connectivity index (χ3v) is 5.28. The van der Waals surface area contributed by atoms with Crippen molar-refractivity contribution in [2.45, 2.75) is 13.1 Å². The van der Waals surface area contributed by atoms with Crippen LogP contribution in [0.25, 0.3) is 22.1 Å². The Morgan fingerprint density at radius 1 is 0.966 bits per heavy atom. The van der Waals surface area contributed by atoms with E-state index in [0.29, 0.717) is 25.4 Å². The highest BCUT2D eigenvalue weighted by Gasteiger charge is 2.25. The van der Waals surface area contributed by atoms with Crippen LogP contribution in [-0.4, -0.2) is 6.73 Å². The van der Waals surface area contributed by atoms with Gasteiger partial charge in [-0.2, -0.15) is 0 Å². The van der Waals surface area contributed by atoms with E-state index in [2.05, 4.69) is 0 Å². The first kappa shape index (κ1) is 17.6. The lowest BCUT2D eigenvalue weighted by atomic mass is 9.99. The molecule has 4 aromatic rings. The lowest BCUT2D eigenvalue weighted by Crippen LogP contribution is -3.10. The summed E-state index contributed by atoms with van der Waals surface area (Å²) >= 11 is 0. The number of hydrogen-bond donors (Lipinski definition) is 1. The molecule has 4 nitrogen and oxygen atoms in total. The summed E-state index contributed by atoms with van der Waals surface area (Å²) in [6, 6.07) is 21.7. The molecule has 1 unspecified atom stereocenters. The Kier molecular flexibility index (Phi) is 4.37. The molecule has 1 aromatic heterocycles. The molecule has 144 valence electrons. The summed E-state index contributed by atoms with van der Waals surface area (Å²) in [5, 5.41) is 0.890. The number of fused-ring (bicyclic) bond motifs is 3. The maximum Gasteiger partial charge on any atom is 0.336 e. The molecule has 1 N–H and O–H groups in total. The molecule has 5 heteroatoms. The van der Waals surface area contributed by atoms with Crippen molar-refractivity contribution in [3.05, 3.63) is 100 Å². The van der Waals surface area contributed by atoms with Crippen molar-refractivity contribution in [3.8, 4) is 16.9 Å².